The summed E-state index contributed by atoms with van der Waals surface area (Å²) in [6.45, 7) is 0. The highest BCUT2D eigenvalue weighted by molar-refractivity contribution is 6.42. The Morgan fingerprint density at radius 1 is 1.14 bits per heavy atom. The summed E-state index contributed by atoms with van der Waals surface area (Å²) in [5.74, 6) is -0.447. The molecule has 0 saturated carbocycles. The number of halogens is 2. The number of rotatable bonds is 4. The van der Waals surface area contributed by atoms with E-state index in [-0.39, 0.29) is 10.7 Å². The second-order valence-electron chi connectivity index (χ2n) is 4.18. The molecule has 0 unspecified atom stereocenters. The average Bonchev–Trinajstić information content (AvgIpc) is 2.50. The van der Waals surface area contributed by atoms with E-state index in [0.717, 1.165) is 0 Å². The fourth-order valence-electron chi connectivity index (χ4n) is 1.55. The maximum Gasteiger partial charge on any atom is 0.271 e. The van der Waals surface area contributed by atoms with Crippen LogP contribution in [0.2, 0.25) is 10.0 Å². The van der Waals surface area contributed by atoms with Gasteiger partial charge in [-0.2, -0.15) is 5.10 Å². The van der Waals surface area contributed by atoms with Crippen molar-refractivity contribution in [2.24, 2.45) is 5.10 Å². The molecule has 2 aromatic carbocycles. The highest BCUT2D eigenvalue weighted by Gasteiger charge is 2.07. The first-order valence-electron chi connectivity index (χ1n) is 6.00. The first kappa shape index (κ1) is 15.9. The van der Waals surface area contributed by atoms with Crippen molar-refractivity contribution >= 4 is 41.0 Å². The molecule has 0 atom stereocenters. The third-order valence-corrected chi connectivity index (χ3v) is 3.40. The maximum atomic E-state index is 11.8. The van der Waals surface area contributed by atoms with Gasteiger partial charge >= 0.3 is 0 Å². The van der Waals surface area contributed by atoms with Crippen LogP contribution in [0, 0.1) is 10.1 Å². The molecular weight excluding hydrogens is 329 g/mol. The van der Waals surface area contributed by atoms with Crippen molar-refractivity contribution in [3.63, 3.8) is 0 Å². The molecule has 0 fully saturated rings. The predicted octanol–water partition coefficient (Wildman–Crippen LogP) is 3.67. The van der Waals surface area contributed by atoms with Crippen LogP contribution in [0.25, 0.3) is 0 Å². The second-order valence-corrected chi connectivity index (χ2v) is 4.99. The van der Waals surface area contributed by atoms with Gasteiger partial charge in [-0.25, -0.2) is 5.43 Å². The summed E-state index contributed by atoms with van der Waals surface area (Å²) in [5.41, 5.74) is 3.24. The van der Waals surface area contributed by atoms with Crippen LogP contribution >= 0.6 is 23.2 Å². The number of carbonyl (C=O) groups is 1. The number of nitro groups is 1. The van der Waals surface area contributed by atoms with E-state index in [1.807, 2.05) is 0 Å². The Kier molecular flexibility index (Phi) is 5.08. The van der Waals surface area contributed by atoms with Crippen molar-refractivity contribution in [3.8, 4) is 0 Å². The van der Waals surface area contributed by atoms with Crippen LogP contribution in [0.3, 0.4) is 0 Å². The zero-order chi connectivity index (χ0) is 16.1. The normalized spacial score (nSPS) is 10.6. The Hall–Kier alpha value is -2.44. The Morgan fingerprint density at radius 3 is 2.41 bits per heavy atom. The van der Waals surface area contributed by atoms with Crippen LogP contribution in [-0.4, -0.2) is 17.0 Å². The summed E-state index contributed by atoms with van der Waals surface area (Å²) in [5, 5.41) is 14.9. The van der Waals surface area contributed by atoms with Gasteiger partial charge in [0.15, 0.2) is 0 Å². The fraction of sp³-hybridized carbons (Fsp3) is 0. The summed E-state index contributed by atoms with van der Waals surface area (Å²) in [7, 11) is 0. The van der Waals surface area contributed by atoms with E-state index in [9.17, 15) is 14.9 Å². The average molecular weight is 338 g/mol. The van der Waals surface area contributed by atoms with E-state index in [2.05, 4.69) is 10.5 Å². The van der Waals surface area contributed by atoms with Gasteiger partial charge in [0.25, 0.3) is 11.6 Å². The molecule has 1 amide bonds. The molecule has 2 rings (SSSR count). The molecule has 0 radical (unpaired) electrons. The molecular formula is C14H9Cl2N3O3. The number of non-ortho nitro benzene ring substituents is 1. The van der Waals surface area contributed by atoms with Crippen LogP contribution in [0.15, 0.2) is 47.6 Å². The summed E-state index contributed by atoms with van der Waals surface area (Å²) >= 11 is 11.6. The lowest BCUT2D eigenvalue weighted by molar-refractivity contribution is -0.384. The van der Waals surface area contributed by atoms with E-state index < -0.39 is 10.8 Å². The van der Waals surface area contributed by atoms with Crippen molar-refractivity contribution in [3.05, 3.63) is 73.8 Å². The number of nitrogens with one attached hydrogen (secondary N) is 1. The third-order valence-electron chi connectivity index (χ3n) is 2.67. The molecule has 0 heterocycles. The van der Waals surface area contributed by atoms with Crippen LogP contribution in [-0.2, 0) is 0 Å². The summed E-state index contributed by atoms with van der Waals surface area (Å²) in [6, 6.07) is 10.2. The summed E-state index contributed by atoms with van der Waals surface area (Å²) in [6.07, 6.45) is 1.37. The van der Waals surface area contributed by atoms with Gasteiger partial charge in [0, 0.05) is 17.7 Å². The van der Waals surface area contributed by atoms with Gasteiger partial charge < -0.3 is 0 Å². The van der Waals surface area contributed by atoms with E-state index in [0.29, 0.717) is 16.1 Å². The first-order valence-corrected chi connectivity index (χ1v) is 6.76. The number of hydrogen-bond donors (Lipinski definition) is 1. The summed E-state index contributed by atoms with van der Waals surface area (Å²) in [4.78, 5) is 21.9. The SMILES string of the molecule is O=C(N/N=C\c1ccc([N+](=O)[O-])cc1)c1ccc(Cl)c(Cl)c1. The van der Waals surface area contributed by atoms with Crippen molar-refractivity contribution < 1.29 is 9.72 Å². The standard InChI is InChI=1S/C14H9Cl2N3O3/c15-12-6-3-10(7-13(12)16)14(20)18-17-8-9-1-4-11(5-2-9)19(21)22/h1-8H,(H,18,20)/b17-8-. The van der Waals surface area contributed by atoms with Crippen LogP contribution in [0.4, 0.5) is 5.69 Å². The molecule has 112 valence electrons. The Balaban J connectivity index is 2.00. The van der Waals surface area contributed by atoms with Gasteiger partial charge in [0.1, 0.15) is 0 Å². The number of nitrogens with zero attached hydrogens (tertiary/aromatic N) is 2. The molecule has 0 aliphatic carbocycles. The van der Waals surface area contributed by atoms with Crippen LogP contribution in [0.5, 0.6) is 0 Å². The molecule has 6 nitrogen and oxygen atoms in total. The lowest BCUT2D eigenvalue weighted by Crippen LogP contribution is -2.17. The monoisotopic (exact) mass is 337 g/mol. The molecule has 0 saturated heterocycles. The van der Waals surface area contributed by atoms with Crippen molar-refractivity contribution in [2.45, 2.75) is 0 Å². The van der Waals surface area contributed by atoms with E-state index in [1.165, 1.54) is 48.7 Å². The lowest BCUT2D eigenvalue weighted by atomic mass is 10.2. The number of hydrogen-bond acceptors (Lipinski definition) is 4. The Bertz CT molecular complexity index is 745. The lowest BCUT2D eigenvalue weighted by Gasteiger charge is -2.01. The van der Waals surface area contributed by atoms with Gasteiger partial charge in [-0.15, -0.1) is 0 Å². The van der Waals surface area contributed by atoms with Crippen molar-refractivity contribution in [1.82, 2.24) is 5.43 Å². The minimum Gasteiger partial charge on any atom is -0.267 e. The van der Waals surface area contributed by atoms with Crippen molar-refractivity contribution in [1.29, 1.82) is 0 Å². The van der Waals surface area contributed by atoms with Gasteiger partial charge in [-0.05, 0) is 35.9 Å². The molecule has 22 heavy (non-hydrogen) atoms. The van der Waals surface area contributed by atoms with Crippen molar-refractivity contribution in [2.75, 3.05) is 0 Å². The third kappa shape index (κ3) is 4.03. The van der Waals surface area contributed by atoms with E-state index >= 15 is 0 Å². The predicted molar refractivity (Wildman–Crippen MR) is 84.6 cm³/mol. The first-order chi connectivity index (χ1) is 10.5. The molecule has 8 heteroatoms. The van der Waals surface area contributed by atoms with Gasteiger partial charge in [0.2, 0.25) is 0 Å². The highest BCUT2D eigenvalue weighted by Crippen LogP contribution is 2.22. The van der Waals surface area contributed by atoms with Crippen LogP contribution in [0.1, 0.15) is 15.9 Å². The van der Waals surface area contributed by atoms with Gasteiger partial charge in [-0.1, -0.05) is 23.2 Å². The largest absolute Gasteiger partial charge is 0.271 e. The summed E-state index contributed by atoms with van der Waals surface area (Å²) < 4.78 is 0. The number of hydrazone groups is 1. The molecule has 0 spiro atoms. The van der Waals surface area contributed by atoms with E-state index in [1.54, 1.807) is 0 Å². The number of nitro benzene ring substituents is 1. The fourth-order valence-corrected chi connectivity index (χ4v) is 1.85. The highest BCUT2D eigenvalue weighted by atomic mass is 35.5. The number of amides is 1. The maximum absolute atomic E-state index is 11.8. The topological polar surface area (TPSA) is 84.6 Å². The molecule has 2 aromatic rings. The Labute approximate surface area is 135 Å². The molecule has 0 bridgehead atoms. The Morgan fingerprint density at radius 2 is 1.82 bits per heavy atom. The second kappa shape index (κ2) is 7.02. The number of benzene rings is 2. The van der Waals surface area contributed by atoms with Gasteiger partial charge in [0.05, 0.1) is 21.2 Å². The number of carbonyl (C=O) groups excluding carboxylic acids is 1. The molecule has 0 aliphatic rings. The van der Waals surface area contributed by atoms with Crippen LogP contribution < -0.4 is 5.43 Å². The zero-order valence-corrected chi connectivity index (χ0v) is 12.5. The minimum atomic E-state index is -0.493. The molecule has 0 aromatic heterocycles. The molecule has 0 aliphatic heterocycles. The minimum absolute atomic E-state index is 0.0167. The smallest absolute Gasteiger partial charge is 0.267 e. The quantitative estimate of drug-likeness (QED) is 0.524. The zero-order valence-electron chi connectivity index (χ0n) is 11.0. The molecule has 1 N–H and O–H groups in total. The van der Waals surface area contributed by atoms with E-state index in [4.69, 9.17) is 23.2 Å². The van der Waals surface area contributed by atoms with Gasteiger partial charge in [-0.3, -0.25) is 14.9 Å².